The molecule has 0 aliphatic carbocycles. The Balaban J connectivity index is 1.67. The second-order valence-electron chi connectivity index (χ2n) is 7.52. The summed E-state index contributed by atoms with van der Waals surface area (Å²) in [6.45, 7) is 2.75. The molecule has 2 aliphatic rings. The van der Waals surface area contributed by atoms with E-state index >= 15 is 0 Å². The topological polar surface area (TPSA) is 75.0 Å². The zero-order chi connectivity index (χ0) is 23.5. The number of rotatable bonds is 6. The number of amides is 1. The molecular formula is C24H24ClN3O4S. The fourth-order valence-corrected chi connectivity index (χ4v) is 5.41. The van der Waals surface area contributed by atoms with Crippen molar-refractivity contribution in [3.63, 3.8) is 0 Å². The molecule has 33 heavy (non-hydrogen) atoms. The van der Waals surface area contributed by atoms with Crippen LogP contribution in [0, 0.1) is 11.3 Å². The van der Waals surface area contributed by atoms with E-state index in [2.05, 4.69) is 6.07 Å². The van der Waals surface area contributed by atoms with Gasteiger partial charge in [0.2, 0.25) is 5.91 Å². The van der Waals surface area contributed by atoms with Gasteiger partial charge in [0.25, 0.3) is 0 Å². The molecular weight excluding hydrogens is 462 g/mol. The normalized spacial score (nSPS) is 18.0. The molecule has 1 saturated heterocycles. The van der Waals surface area contributed by atoms with Crippen molar-refractivity contribution in [1.82, 2.24) is 4.90 Å². The second kappa shape index (κ2) is 9.86. The molecule has 0 spiro atoms. The predicted molar refractivity (Wildman–Crippen MR) is 129 cm³/mol. The lowest BCUT2D eigenvalue weighted by molar-refractivity contribution is -0.129. The van der Waals surface area contributed by atoms with Crippen LogP contribution in [0.3, 0.4) is 0 Å². The highest BCUT2D eigenvalue weighted by atomic mass is 35.5. The van der Waals surface area contributed by atoms with E-state index < -0.39 is 0 Å². The first-order valence-corrected chi connectivity index (χ1v) is 11.8. The number of nitriles is 1. The molecule has 0 aromatic heterocycles. The molecule has 0 N–H and O–H groups in total. The summed E-state index contributed by atoms with van der Waals surface area (Å²) in [5.41, 5.74) is 2.25. The van der Waals surface area contributed by atoms with Crippen LogP contribution in [-0.2, 0) is 4.79 Å². The van der Waals surface area contributed by atoms with Gasteiger partial charge in [0.15, 0.2) is 11.5 Å². The second-order valence-corrected chi connectivity index (χ2v) is 8.89. The van der Waals surface area contributed by atoms with Gasteiger partial charge in [0.05, 0.1) is 55.7 Å². The first kappa shape index (κ1) is 23.1. The molecule has 1 amide bonds. The predicted octanol–water partition coefficient (Wildman–Crippen LogP) is 4.98. The summed E-state index contributed by atoms with van der Waals surface area (Å²) in [5.74, 6) is 2.08. The zero-order valence-electron chi connectivity index (χ0n) is 18.6. The third kappa shape index (κ3) is 4.43. The summed E-state index contributed by atoms with van der Waals surface area (Å²) in [4.78, 5) is 16.9. The number of hydrogen-bond acceptors (Lipinski definition) is 7. The molecule has 0 saturated carbocycles. The lowest BCUT2D eigenvalue weighted by Gasteiger charge is -2.42. The summed E-state index contributed by atoms with van der Waals surface area (Å²) < 4.78 is 16.6. The number of allylic oxidation sites excluding steroid dienone is 1. The van der Waals surface area contributed by atoms with Crippen molar-refractivity contribution >= 4 is 35.0 Å². The maximum atomic E-state index is 13.2. The maximum absolute atomic E-state index is 13.2. The summed E-state index contributed by atoms with van der Waals surface area (Å²) in [6.07, 6.45) is 0.199. The molecule has 0 unspecified atom stereocenters. The van der Waals surface area contributed by atoms with Crippen molar-refractivity contribution in [2.24, 2.45) is 0 Å². The molecule has 7 nitrogen and oxygen atoms in total. The molecule has 9 heteroatoms. The van der Waals surface area contributed by atoms with E-state index in [1.807, 2.05) is 42.2 Å². The monoisotopic (exact) mass is 485 g/mol. The molecule has 172 valence electrons. The van der Waals surface area contributed by atoms with Gasteiger partial charge in [-0.15, -0.1) is 0 Å². The van der Waals surface area contributed by atoms with E-state index in [1.54, 1.807) is 25.2 Å². The van der Waals surface area contributed by atoms with Crippen LogP contribution >= 0.6 is 23.4 Å². The average Bonchev–Trinajstić information content (AvgIpc) is 2.84. The van der Waals surface area contributed by atoms with E-state index in [0.717, 1.165) is 11.3 Å². The first-order valence-electron chi connectivity index (χ1n) is 10.5. The molecule has 2 aromatic carbocycles. The Kier molecular flexibility index (Phi) is 6.91. The Hall–Kier alpha value is -3.02. The number of methoxy groups -OCH3 is 2. The smallest absolute Gasteiger partial charge is 0.229 e. The van der Waals surface area contributed by atoms with Gasteiger partial charge in [-0.3, -0.25) is 9.69 Å². The number of fused-ring (bicyclic) bond motifs is 1. The van der Waals surface area contributed by atoms with Crippen LogP contribution < -0.4 is 19.1 Å². The molecule has 0 bridgehead atoms. The SMILES string of the molecule is CCOc1ccc([C@@H]2CC(=O)N3CN(c4cc(Cl)ccc4OC)CSC3=C2C#N)cc1OC. The minimum Gasteiger partial charge on any atom is -0.495 e. The third-order valence-corrected chi connectivity index (χ3v) is 7.05. The van der Waals surface area contributed by atoms with Crippen molar-refractivity contribution in [1.29, 1.82) is 5.26 Å². The fourth-order valence-electron chi connectivity index (χ4n) is 4.09. The Morgan fingerprint density at radius 3 is 2.61 bits per heavy atom. The molecule has 2 heterocycles. The van der Waals surface area contributed by atoms with Gasteiger partial charge >= 0.3 is 0 Å². The number of carbonyl (C=O) groups is 1. The number of hydrogen-bond donors (Lipinski definition) is 0. The molecule has 1 atom stereocenters. The van der Waals surface area contributed by atoms with E-state index in [9.17, 15) is 10.1 Å². The Bertz CT molecular complexity index is 1150. The van der Waals surface area contributed by atoms with Crippen LogP contribution in [0.25, 0.3) is 0 Å². The largest absolute Gasteiger partial charge is 0.495 e. The minimum absolute atomic E-state index is 0.0416. The number of thioether (sulfide) groups is 1. The van der Waals surface area contributed by atoms with E-state index in [4.69, 9.17) is 25.8 Å². The molecule has 2 aromatic rings. The van der Waals surface area contributed by atoms with Crippen LogP contribution in [-0.4, -0.2) is 44.2 Å². The van der Waals surface area contributed by atoms with Crippen molar-refractivity contribution in [2.45, 2.75) is 19.3 Å². The Morgan fingerprint density at radius 1 is 1.15 bits per heavy atom. The molecule has 1 fully saturated rings. The average molecular weight is 486 g/mol. The summed E-state index contributed by atoms with van der Waals surface area (Å²) in [6, 6.07) is 13.3. The van der Waals surface area contributed by atoms with E-state index in [1.165, 1.54) is 11.8 Å². The maximum Gasteiger partial charge on any atom is 0.229 e. The van der Waals surface area contributed by atoms with E-state index in [-0.39, 0.29) is 18.2 Å². The molecule has 4 rings (SSSR count). The van der Waals surface area contributed by atoms with Gasteiger partial charge in [0, 0.05) is 17.4 Å². The number of carbonyl (C=O) groups excluding carboxylic acids is 1. The van der Waals surface area contributed by atoms with Crippen molar-refractivity contribution < 1.29 is 19.0 Å². The molecule has 2 aliphatic heterocycles. The summed E-state index contributed by atoms with van der Waals surface area (Å²) in [5, 5.41) is 11.3. The first-order chi connectivity index (χ1) is 16.0. The van der Waals surface area contributed by atoms with Crippen molar-refractivity contribution in [2.75, 3.05) is 38.3 Å². The summed E-state index contributed by atoms with van der Waals surface area (Å²) >= 11 is 7.67. The van der Waals surface area contributed by atoms with Gasteiger partial charge in [0.1, 0.15) is 5.75 Å². The zero-order valence-corrected chi connectivity index (χ0v) is 20.2. The van der Waals surface area contributed by atoms with Crippen LogP contribution in [0.2, 0.25) is 5.02 Å². The Labute approximate surface area is 202 Å². The minimum atomic E-state index is -0.335. The van der Waals surface area contributed by atoms with Crippen LogP contribution in [0.1, 0.15) is 24.8 Å². The number of nitrogens with zero attached hydrogens (tertiary/aromatic N) is 3. The van der Waals surface area contributed by atoms with E-state index in [0.29, 0.717) is 52.0 Å². The van der Waals surface area contributed by atoms with Gasteiger partial charge in [-0.2, -0.15) is 5.26 Å². The number of ether oxygens (including phenoxy) is 3. The fraction of sp³-hybridized carbons (Fsp3) is 0.333. The highest BCUT2D eigenvalue weighted by Crippen LogP contribution is 2.45. The molecule has 0 radical (unpaired) electrons. The third-order valence-electron chi connectivity index (χ3n) is 5.66. The standard InChI is InChI=1S/C24H24ClN3O4S/c1-4-32-21-7-5-15(9-22(21)31-3)17-11-23(29)28-13-27(14-33-24(28)18(17)12-26)19-10-16(25)6-8-20(19)30-2/h5-10,17H,4,11,13-14H2,1-3H3/t17-/m0/s1. The highest BCUT2D eigenvalue weighted by Gasteiger charge is 2.39. The Morgan fingerprint density at radius 2 is 1.91 bits per heavy atom. The number of benzene rings is 2. The number of anilines is 1. The van der Waals surface area contributed by atoms with Crippen LogP contribution in [0.4, 0.5) is 5.69 Å². The van der Waals surface area contributed by atoms with Gasteiger partial charge < -0.3 is 19.1 Å². The van der Waals surface area contributed by atoms with Gasteiger partial charge in [-0.05, 0) is 42.8 Å². The highest BCUT2D eigenvalue weighted by molar-refractivity contribution is 8.03. The van der Waals surface area contributed by atoms with Crippen LogP contribution in [0.15, 0.2) is 47.0 Å². The quantitative estimate of drug-likeness (QED) is 0.571. The van der Waals surface area contributed by atoms with Gasteiger partial charge in [-0.1, -0.05) is 29.4 Å². The van der Waals surface area contributed by atoms with Crippen molar-refractivity contribution in [3.8, 4) is 23.3 Å². The lowest BCUT2D eigenvalue weighted by Crippen LogP contribution is -2.47. The van der Waals surface area contributed by atoms with Crippen molar-refractivity contribution in [3.05, 3.63) is 57.6 Å². The lowest BCUT2D eigenvalue weighted by atomic mass is 9.86. The van der Waals surface area contributed by atoms with Gasteiger partial charge in [-0.25, -0.2) is 0 Å². The number of halogens is 1. The summed E-state index contributed by atoms with van der Waals surface area (Å²) in [7, 11) is 3.18. The van der Waals surface area contributed by atoms with Crippen LogP contribution in [0.5, 0.6) is 17.2 Å².